The van der Waals surface area contributed by atoms with Gasteiger partial charge in [-0.25, -0.2) is 0 Å². The molecule has 1 fully saturated rings. The zero-order valence-corrected chi connectivity index (χ0v) is 13.8. The Kier molecular flexibility index (Phi) is 5.92. The van der Waals surface area contributed by atoms with Crippen molar-refractivity contribution in [2.45, 2.75) is 58.9 Å². The van der Waals surface area contributed by atoms with Gasteiger partial charge in [-0.3, -0.25) is 0 Å². The van der Waals surface area contributed by atoms with Gasteiger partial charge < -0.3 is 5.32 Å². The van der Waals surface area contributed by atoms with E-state index in [9.17, 15) is 0 Å². The lowest BCUT2D eigenvalue weighted by Crippen LogP contribution is -2.31. The van der Waals surface area contributed by atoms with Crippen molar-refractivity contribution in [2.75, 3.05) is 6.54 Å². The summed E-state index contributed by atoms with van der Waals surface area (Å²) >= 11 is 6.33. The monoisotopic (exact) mass is 293 g/mol. The van der Waals surface area contributed by atoms with Crippen LogP contribution in [0.4, 0.5) is 0 Å². The fraction of sp³-hybridized carbons (Fsp3) is 0.667. The molecule has 1 aliphatic carbocycles. The van der Waals surface area contributed by atoms with Crippen molar-refractivity contribution in [1.29, 1.82) is 0 Å². The quantitative estimate of drug-likeness (QED) is 0.754. The second-order valence-corrected chi connectivity index (χ2v) is 6.87. The summed E-state index contributed by atoms with van der Waals surface area (Å²) in [4.78, 5) is 0. The van der Waals surface area contributed by atoms with Crippen LogP contribution in [0.5, 0.6) is 0 Å². The average Bonchev–Trinajstić information content (AvgIpc) is 2.45. The van der Waals surface area contributed by atoms with E-state index in [1.807, 2.05) is 0 Å². The van der Waals surface area contributed by atoms with E-state index >= 15 is 0 Å². The van der Waals surface area contributed by atoms with Gasteiger partial charge in [0.1, 0.15) is 0 Å². The van der Waals surface area contributed by atoms with Crippen molar-refractivity contribution in [3.63, 3.8) is 0 Å². The lowest BCUT2D eigenvalue weighted by atomic mass is 9.77. The molecule has 20 heavy (non-hydrogen) atoms. The number of hydrogen-bond donors (Lipinski definition) is 1. The number of hydrogen-bond acceptors (Lipinski definition) is 1. The van der Waals surface area contributed by atoms with E-state index in [1.54, 1.807) is 0 Å². The number of nitrogens with one attached hydrogen (secondary N) is 1. The minimum Gasteiger partial charge on any atom is -0.310 e. The van der Waals surface area contributed by atoms with Crippen molar-refractivity contribution in [3.8, 4) is 0 Å². The van der Waals surface area contributed by atoms with Crippen LogP contribution in [0.15, 0.2) is 18.2 Å². The fourth-order valence-corrected chi connectivity index (χ4v) is 3.47. The molecule has 0 heterocycles. The van der Waals surface area contributed by atoms with E-state index in [0.29, 0.717) is 6.04 Å². The molecule has 1 saturated carbocycles. The van der Waals surface area contributed by atoms with Crippen LogP contribution in [0, 0.1) is 18.8 Å². The molecule has 0 bridgehead atoms. The van der Waals surface area contributed by atoms with Crippen molar-refractivity contribution in [2.24, 2.45) is 11.8 Å². The van der Waals surface area contributed by atoms with Crippen LogP contribution in [0.2, 0.25) is 5.02 Å². The van der Waals surface area contributed by atoms with Crippen LogP contribution in [-0.4, -0.2) is 6.54 Å². The van der Waals surface area contributed by atoms with Crippen LogP contribution in [0.3, 0.4) is 0 Å². The van der Waals surface area contributed by atoms with E-state index in [0.717, 1.165) is 23.4 Å². The van der Waals surface area contributed by atoms with Gasteiger partial charge in [-0.2, -0.15) is 0 Å². The Labute approximate surface area is 129 Å². The first-order valence-corrected chi connectivity index (χ1v) is 8.49. The smallest absolute Gasteiger partial charge is 0.0438 e. The SMILES string of the molecule is CCCNC(c1ccc(C)c(Cl)c1)C1CCC(C)CC1. The van der Waals surface area contributed by atoms with Gasteiger partial charge in [0.25, 0.3) is 0 Å². The molecule has 112 valence electrons. The van der Waals surface area contributed by atoms with Crippen LogP contribution in [0.1, 0.15) is 63.1 Å². The Hall–Kier alpha value is -0.530. The van der Waals surface area contributed by atoms with Gasteiger partial charge >= 0.3 is 0 Å². The number of aryl methyl sites for hydroxylation is 1. The maximum atomic E-state index is 6.33. The van der Waals surface area contributed by atoms with Crippen molar-refractivity contribution >= 4 is 11.6 Å². The molecule has 1 N–H and O–H groups in total. The van der Waals surface area contributed by atoms with Gasteiger partial charge in [-0.15, -0.1) is 0 Å². The highest BCUT2D eigenvalue weighted by Gasteiger charge is 2.27. The first kappa shape index (κ1) is 15.9. The normalized spacial score (nSPS) is 24.6. The van der Waals surface area contributed by atoms with E-state index in [2.05, 4.69) is 44.3 Å². The van der Waals surface area contributed by atoms with Gasteiger partial charge in [0.15, 0.2) is 0 Å². The highest BCUT2D eigenvalue weighted by atomic mass is 35.5. The second-order valence-electron chi connectivity index (χ2n) is 6.46. The predicted octanol–water partition coefficient (Wildman–Crippen LogP) is 5.52. The predicted molar refractivity (Wildman–Crippen MR) is 88.3 cm³/mol. The minimum atomic E-state index is 0.473. The van der Waals surface area contributed by atoms with Crippen LogP contribution in [-0.2, 0) is 0 Å². The third kappa shape index (κ3) is 3.99. The summed E-state index contributed by atoms with van der Waals surface area (Å²) in [5.74, 6) is 1.66. The Morgan fingerprint density at radius 1 is 1.25 bits per heavy atom. The largest absolute Gasteiger partial charge is 0.310 e. The highest BCUT2D eigenvalue weighted by Crippen LogP contribution is 2.37. The molecule has 0 amide bonds. The van der Waals surface area contributed by atoms with E-state index in [4.69, 9.17) is 11.6 Å². The zero-order chi connectivity index (χ0) is 14.5. The summed E-state index contributed by atoms with van der Waals surface area (Å²) in [6, 6.07) is 7.05. The van der Waals surface area contributed by atoms with Gasteiger partial charge in [0.05, 0.1) is 0 Å². The molecular formula is C18H28ClN. The summed E-state index contributed by atoms with van der Waals surface area (Å²) in [5.41, 5.74) is 2.54. The molecule has 1 aromatic carbocycles. The summed E-state index contributed by atoms with van der Waals surface area (Å²) in [7, 11) is 0. The van der Waals surface area contributed by atoms with Gasteiger partial charge in [0.2, 0.25) is 0 Å². The molecule has 2 rings (SSSR count). The Bertz CT molecular complexity index is 421. The number of halogens is 1. The van der Waals surface area contributed by atoms with Crippen molar-refractivity contribution in [1.82, 2.24) is 5.32 Å². The summed E-state index contributed by atoms with van der Waals surface area (Å²) in [5, 5.41) is 4.66. The zero-order valence-electron chi connectivity index (χ0n) is 13.1. The number of rotatable bonds is 5. The molecule has 1 aliphatic rings. The third-order valence-corrected chi connectivity index (χ3v) is 5.11. The van der Waals surface area contributed by atoms with Gasteiger partial charge in [0, 0.05) is 11.1 Å². The maximum Gasteiger partial charge on any atom is 0.0438 e. The highest BCUT2D eigenvalue weighted by molar-refractivity contribution is 6.31. The Morgan fingerprint density at radius 3 is 2.55 bits per heavy atom. The molecule has 1 atom stereocenters. The molecule has 0 spiro atoms. The average molecular weight is 294 g/mol. The van der Waals surface area contributed by atoms with Crippen LogP contribution < -0.4 is 5.32 Å². The Balaban J connectivity index is 2.15. The molecule has 0 radical (unpaired) electrons. The van der Waals surface area contributed by atoms with Gasteiger partial charge in [-0.1, -0.05) is 50.4 Å². The maximum absolute atomic E-state index is 6.33. The standard InChI is InChI=1S/C18H28ClN/c1-4-11-20-18(15-8-5-13(2)6-9-15)16-10-7-14(3)17(19)12-16/h7,10,12-13,15,18,20H,4-6,8-9,11H2,1-3H3. The van der Waals surface area contributed by atoms with Crippen molar-refractivity contribution in [3.05, 3.63) is 34.3 Å². The lowest BCUT2D eigenvalue weighted by molar-refractivity contribution is 0.231. The topological polar surface area (TPSA) is 12.0 Å². The minimum absolute atomic E-state index is 0.473. The fourth-order valence-electron chi connectivity index (χ4n) is 3.28. The lowest BCUT2D eigenvalue weighted by Gasteiger charge is -2.34. The van der Waals surface area contributed by atoms with E-state index in [-0.39, 0.29) is 0 Å². The molecule has 1 nitrogen and oxygen atoms in total. The van der Waals surface area contributed by atoms with Crippen LogP contribution in [0.25, 0.3) is 0 Å². The summed E-state index contributed by atoms with van der Waals surface area (Å²) < 4.78 is 0. The summed E-state index contributed by atoms with van der Waals surface area (Å²) in [6.45, 7) is 7.77. The van der Waals surface area contributed by atoms with Crippen LogP contribution >= 0.6 is 11.6 Å². The molecule has 2 heteroatoms. The first-order chi connectivity index (χ1) is 9.61. The van der Waals surface area contributed by atoms with Crippen molar-refractivity contribution < 1.29 is 0 Å². The van der Waals surface area contributed by atoms with Gasteiger partial charge in [-0.05, 0) is 61.8 Å². The molecule has 0 aromatic heterocycles. The third-order valence-electron chi connectivity index (χ3n) is 4.70. The molecule has 0 aliphatic heterocycles. The first-order valence-electron chi connectivity index (χ1n) is 8.11. The molecule has 1 aromatic rings. The van der Waals surface area contributed by atoms with E-state index in [1.165, 1.54) is 43.2 Å². The number of benzene rings is 1. The van der Waals surface area contributed by atoms with E-state index < -0.39 is 0 Å². The Morgan fingerprint density at radius 2 is 1.95 bits per heavy atom. The second kappa shape index (κ2) is 7.47. The molecular weight excluding hydrogens is 266 g/mol. The summed E-state index contributed by atoms with van der Waals surface area (Å²) in [6.07, 6.45) is 6.60. The molecule has 1 unspecified atom stereocenters. The molecule has 0 saturated heterocycles.